The molecule has 0 saturated carbocycles. The first-order valence-electron chi connectivity index (χ1n) is 6.26. The van der Waals surface area contributed by atoms with Crippen molar-refractivity contribution < 1.29 is 4.79 Å². The molecular weight excluding hydrogens is 236 g/mol. The van der Waals surface area contributed by atoms with Gasteiger partial charge in [0.2, 0.25) is 0 Å². The molecule has 0 spiro atoms. The molecule has 2 aromatic rings. The van der Waals surface area contributed by atoms with Gasteiger partial charge in [0.1, 0.15) is 0 Å². The number of anilines is 1. The zero-order chi connectivity index (χ0) is 13.7. The highest BCUT2D eigenvalue weighted by Crippen LogP contribution is 2.13. The van der Waals surface area contributed by atoms with E-state index in [4.69, 9.17) is 5.73 Å². The molecule has 1 radical (unpaired) electrons. The lowest BCUT2D eigenvalue weighted by Gasteiger charge is -2.13. The normalized spacial score (nSPS) is 11.8. The van der Waals surface area contributed by atoms with Gasteiger partial charge in [0, 0.05) is 17.8 Å². The smallest absolute Gasteiger partial charge is 0.251 e. The molecule has 3 heteroatoms. The van der Waals surface area contributed by atoms with E-state index in [1.807, 2.05) is 18.2 Å². The van der Waals surface area contributed by atoms with Crippen LogP contribution in [0.5, 0.6) is 0 Å². The van der Waals surface area contributed by atoms with Crippen LogP contribution in [0.4, 0.5) is 5.69 Å². The summed E-state index contributed by atoms with van der Waals surface area (Å²) in [5.41, 5.74) is 7.93. The molecule has 3 N–H and O–H groups in total. The fourth-order valence-corrected chi connectivity index (χ4v) is 1.87. The number of amides is 1. The molecule has 97 valence electrons. The lowest BCUT2D eigenvalue weighted by Crippen LogP contribution is -2.27. The van der Waals surface area contributed by atoms with Gasteiger partial charge in [-0.2, -0.15) is 0 Å². The second kappa shape index (κ2) is 6.05. The third-order valence-electron chi connectivity index (χ3n) is 3.01. The number of rotatable bonds is 4. The molecule has 0 aromatic heterocycles. The van der Waals surface area contributed by atoms with Gasteiger partial charge in [0.05, 0.1) is 0 Å². The SMILES string of the molecule is CC(CNC(=O)c1c[c]cc(N)c1)c1ccccc1. The zero-order valence-corrected chi connectivity index (χ0v) is 10.9. The summed E-state index contributed by atoms with van der Waals surface area (Å²) in [6.45, 7) is 2.68. The third-order valence-corrected chi connectivity index (χ3v) is 3.01. The number of hydrogen-bond donors (Lipinski definition) is 2. The zero-order valence-electron chi connectivity index (χ0n) is 10.9. The highest BCUT2D eigenvalue weighted by molar-refractivity contribution is 5.94. The Balaban J connectivity index is 1.94. The predicted molar refractivity (Wildman–Crippen MR) is 76.9 cm³/mol. The summed E-state index contributed by atoms with van der Waals surface area (Å²) in [6.07, 6.45) is 0. The third kappa shape index (κ3) is 3.58. The number of carbonyl (C=O) groups excluding carboxylic acids is 1. The maximum absolute atomic E-state index is 11.9. The van der Waals surface area contributed by atoms with E-state index >= 15 is 0 Å². The van der Waals surface area contributed by atoms with Gasteiger partial charge in [-0.1, -0.05) is 37.3 Å². The van der Waals surface area contributed by atoms with Gasteiger partial charge in [-0.15, -0.1) is 0 Å². The highest BCUT2D eigenvalue weighted by atomic mass is 16.1. The largest absolute Gasteiger partial charge is 0.399 e. The number of nitrogens with two attached hydrogens (primary N) is 1. The van der Waals surface area contributed by atoms with Gasteiger partial charge in [-0.3, -0.25) is 4.79 Å². The number of benzene rings is 2. The van der Waals surface area contributed by atoms with E-state index in [1.165, 1.54) is 5.56 Å². The van der Waals surface area contributed by atoms with Crippen molar-refractivity contribution in [2.45, 2.75) is 12.8 Å². The molecule has 19 heavy (non-hydrogen) atoms. The van der Waals surface area contributed by atoms with Crippen LogP contribution in [-0.4, -0.2) is 12.5 Å². The first kappa shape index (κ1) is 13.1. The predicted octanol–water partition coefficient (Wildman–Crippen LogP) is 2.60. The van der Waals surface area contributed by atoms with Crippen LogP contribution < -0.4 is 11.1 Å². The molecule has 1 atom stereocenters. The second-order valence-corrected chi connectivity index (χ2v) is 4.58. The van der Waals surface area contributed by atoms with Gasteiger partial charge in [-0.05, 0) is 35.7 Å². The number of nitrogen functional groups attached to an aromatic ring is 1. The van der Waals surface area contributed by atoms with Gasteiger partial charge in [0.15, 0.2) is 0 Å². The van der Waals surface area contributed by atoms with E-state index in [9.17, 15) is 4.79 Å². The molecule has 0 aliphatic heterocycles. The van der Waals surface area contributed by atoms with Crippen LogP contribution >= 0.6 is 0 Å². The van der Waals surface area contributed by atoms with Crippen LogP contribution in [0.3, 0.4) is 0 Å². The topological polar surface area (TPSA) is 55.1 Å². The molecule has 0 aliphatic rings. The van der Waals surface area contributed by atoms with Gasteiger partial charge in [0.25, 0.3) is 5.91 Å². The van der Waals surface area contributed by atoms with Crippen LogP contribution in [0.1, 0.15) is 28.8 Å². The molecule has 0 fully saturated rings. The van der Waals surface area contributed by atoms with E-state index in [-0.39, 0.29) is 11.8 Å². The van der Waals surface area contributed by atoms with E-state index in [0.29, 0.717) is 17.8 Å². The van der Waals surface area contributed by atoms with Crippen LogP contribution in [0.15, 0.2) is 48.5 Å². The summed E-state index contributed by atoms with van der Waals surface area (Å²) in [6, 6.07) is 17.9. The minimum Gasteiger partial charge on any atom is -0.399 e. The van der Waals surface area contributed by atoms with Crippen molar-refractivity contribution in [1.82, 2.24) is 5.32 Å². The first-order valence-corrected chi connectivity index (χ1v) is 6.26. The van der Waals surface area contributed by atoms with Crippen molar-refractivity contribution in [2.75, 3.05) is 12.3 Å². The van der Waals surface area contributed by atoms with Crippen LogP contribution in [-0.2, 0) is 0 Å². The van der Waals surface area contributed by atoms with Crippen molar-refractivity contribution in [1.29, 1.82) is 0 Å². The van der Waals surface area contributed by atoms with E-state index in [0.717, 1.165) is 0 Å². The lowest BCUT2D eigenvalue weighted by atomic mass is 10.0. The Morgan fingerprint density at radius 3 is 2.74 bits per heavy atom. The Morgan fingerprint density at radius 2 is 2.05 bits per heavy atom. The summed E-state index contributed by atoms with van der Waals surface area (Å²) in [5.74, 6) is 0.154. The van der Waals surface area contributed by atoms with Crippen molar-refractivity contribution in [2.24, 2.45) is 0 Å². The fourth-order valence-electron chi connectivity index (χ4n) is 1.87. The number of hydrogen-bond acceptors (Lipinski definition) is 2. The molecule has 0 bridgehead atoms. The molecular formula is C16H17N2O. The summed E-state index contributed by atoms with van der Waals surface area (Å²) >= 11 is 0. The number of carbonyl (C=O) groups is 1. The maximum atomic E-state index is 11.9. The summed E-state index contributed by atoms with van der Waals surface area (Å²) in [4.78, 5) is 11.9. The van der Waals surface area contributed by atoms with E-state index < -0.39 is 0 Å². The van der Waals surface area contributed by atoms with Crippen molar-refractivity contribution in [3.05, 3.63) is 65.7 Å². The van der Waals surface area contributed by atoms with Gasteiger partial charge in [-0.25, -0.2) is 0 Å². The summed E-state index contributed by atoms with van der Waals surface area (Å²) in [7, 11) is 0. The molecule has 0 aliphatic carbocycles. The van der Waals surface area contributed by atoms with Crippen LogP contribution in [0, 0.1) is 6.07 Å². The van der Waals surface area contributed by atoms with E-state index in [2.05, 4.69) is 30.4 Å². The van der Waals surface area contributed by atoms with Crippen LogP contribution in [0.25, 0.3) is 0 Å². The highest BCUT2D eigenvalue weighted by Gasteiger charge is 2.09. The molecule has 3 nitrogen and oxygen atoms in total. The van der Waals surface area contributed by atoms with Gasteiger partial charge >= 0.3 is 0 Å². The monoisotopic (exact) mass is 253 g/mol. The van der Waals surface area contributed by atoms with Crippen molar-refractivity contribution in [3.63, 3.8) is 0 Å². The van der Waals surface area contributed by atoms with E-state index in [1.54, 1.807) is 18.2 Å². The summed E-state index contributed by atoms with van der Waals surface area (Å²) in [5, 5.41) is 2.91. The fraction of sp³-hybridized carbons (Fsp3) is 0.188. The minimum atomic E-state index is -0.119. The number of nitrogens with one attached hydrogen (secondary N) is 1. The molecule has 2 aromatic carbocycles. The average molecular weight is 253 g/mol. The van der Waals surface area contributed by atoms with Gasteiger partial charge < -0.3 is 11.1 Å². The molecule has 2 rings (SSSR count). The Morgan fingerprint density at radius 1 is 1.32 bits per heavy atom. The molecule has 0 saturated heterocycles. The van der Waals surface area contributed by atoms with Crippen molar-refractivity contribution in [3.8, 4) is 0 Å². The first-order chi connectivity index (χ1) is 9.16. The Labute approximate surface area is 113 Å². The maximum Gasteiger partial charge on any atom is 0.251 e. The minimum absolute atomic E-state index is 0.119. The molecule has 1 unspecified atom stereocenters. The standard InChI is InChI=1S/C16H17N2O/c1-12(13-6-3-2-4-7-13)11-18-16(19)14-8-5-9-15(17)10-14/h2-4,6-10,12H,11,17H2,1H3,(H,18,19). The lowest BCUT2D eigenvalue weighted by molar-refractivity contribution is 0.0951. The average Bonchev–Trinajstić information content (AvgIpc) is 2.45. The summed E-state index contributed by atoms with van der Waals surface area (Å²) < 4.78 is 0. The second-order valence-electron chi connectivity index (χ2n) is 4.58. The van der Waals surface area contributed by atoms with Crippen LogP contribution in [0.2, 0.25) is 0 Å². The van der Waals surface area contributed by atoms with Crippen molar-refractivity contribution >= 4 is 11.6 Å². The quantitative estimate of drug-likeness (QED) is 0.823. The Kier molecular flexibility index (Phi) is 4.18. The molecule has 1 amide bonds. The molecule has 0 heterocycles. The Bertz CT molecular complexity index is 552. The Hall–Kier alpha value is -2.29.